The third-order valence-corrected chi connectivity index (χ3v) is 8.69. The molecule has 0 bridgehead atoms. The van der Waals surface area contributed by atoms with Crippen molar-refractivity contribution in [2.75, 3.05) is 20.0 Å². The minimum atomic E-state index is -0.191. The lowest BCUT2D eigenvalue weighted by Crippen LogP contribution is -2.28. The first-order valence-corrected chi connectivity index (χ1v) is 14.9. The van der Waals surface area contributed by atoms with Crippen LogP contribution in [0.4, 0.5) is 0 Å². The zero-order valence-corrected chi connectivity index (χ0v) is 24.8. The van der Waals surface area contributed by atoms with E-state index in [0.29, 0.717) is 6.42 Å². The van der Waals surface area contributed by atoms with Gasteiger partial charge in [-0.15, -0.1) is 11.8 Å². The minimum absolute atomic E-state index is 0.0281. The first kappa shape index (κ1) is 27.7. The van der Waals surface area contributed by atoms with Gasteiger partial charge >= 0.3 is 0 Å². The van der Waals surface area contributed by atoms with Crippen molar-refractivity contribution in [3.05, 3.63) is 126 Å². The number of fused-ring (bicyclic) bond motifs is 1. The van der Waals surface area contributed by atoms with Crippen LogP contribution in [0.25, 0.3) is 10.9 Å². The Balaban J connectivity index is 1.25. The van der Waals surface area contributed by atoms with Crippen molar-refractivity contribution in [1.29, 1.82) is 0 Å². The summed E-state index contributed by atoms with van der Waals surface area (Å²) in [7, 11) is 3.31. The molecule has 6 rings (SSSR count). The fraction of sp³-hybridized carbons (Fsp3) is 0.200. The van der Waals surface area contributed by atoms with Crippen LogP contribution in [0.1, 0.15) is 34.7 Å². The zero-order valence-electron chi connectivity index (χ0n) is 24.0. The molecular formula is C35H33N3O3S. The van der Waals surface area contributed by atoms with Gasteiger partial charge in [-0.1, -0.05) is 60.2 Å². The number of amides is 1. The second kappa shape index (κ2) is 12.2. The van der Waals surface area contributed by atoms with Gasteiger partial charge in [0.1, 0.15) is 11.5 Å². The smallest absolute Gasteiger partial charge is 0.253 e. The number of thioether (sulfide) groups is 1. The number of carbonyl (C=O) groups is 1. The van der Waals surface area contributed by atoms with Crippen molar-refractivity contribution in [1.82, 2.24) is 9.58 Å². The number of hydrazone groups is 1. The summed E-state index contributed by atoms with van der Waals surface area (Å²) in [5, 5.41) is 7.68. The normalized spacial score (nSPS) is 14.7. The van der Waals surface area contributed by atoms with Crippen LogP contribution in [0, 0.1) is 6.92 Å². The maximum Gasteiger partial charge on any atom is 0.253 e. The predicted octanol–water partition coefficient (Wildman–Crippen LogP) is 7.49. The Kier molecular flexibility index (Phi) is 8.02. The molecule has 1 atom stereocenters. The lowest BCUT2D eigenvalue weighted by atomic mass is 9.98. The van der Waals surface area contributed by atoms with E-state index in [2.05, 4.69) is 66.2 Å². The molecule has 1 aliphatic heterocycles. The number of nitrogens with zero attached hydrogens (tertiary/aromatic N) is 3. The maximum atomic E-state index is 13.8. The molecule has 42 heavy (non-hydrogen) atoms. The molecule has 5 aromatic rings. The van der Waals surface area contributed by atoms with Crippen molar-refractivity contribution < 1.29 is 14.3 Å². The summed E-state index contributed by atoms with van der Waals surface area (Å²) in [5.74, 6) is 1.82. The SMILES string of the molecule is COc1ccc(C2=NN(C(=O)CSc3cn(Cc4ccc(C)cc4)c4ccccc34)C(c3ccc(OC)cc3)C2)cc1. The first-order valence-electron chi connectivity index (χ1n) is 14.0. The number of ether oxygens (including phenoxy) is 2. The molecule has 4 aromatic carbocycles. The zero-order chi connectivity index (χ0) is 29.1. The molecule has 1 amide bonds. The van der Waals surface area contributed by atoms with Gasteiger partial charge in [0.25, 0.3) is 5.91 Å². The van der Waals surface area contributed by atoms with E-state index in [9.17, 15) is 4.79 Å². The van der Waals surface area contributed by atoms with Gasteiger partial charge in [-0.25, -0.2) is 5.01 Å². The molecule has 1 aliphatic rings. The molecule has 0 saturated heterocycles. The number of rotatable bonds is 9. The van der Waals surface area contributed by atoms with Gasteiger partial charge in [-0.05, 0) is 66.1 Å². The molecule has 0 spiro atoms. The second-order valence-corrected chi connectivity index (χ2v) is 11.4. The number of methoxy groups -OCH3 is 2. The minimum Gasteiger partial charge on any atom is -0.497 e. The Labute approximate surface area is 250 Å². The molecule has 212 valence electrons. The quantitative estimate of drug-likeness (QED) is 0.171. The van der Waals surface area contributed by atoms with E-state index in [0.717, 1.165) is 50.7 Å². The maximum absolute atomic E-state index is 13.8. The highest BCUT2D eigenvalue weighted by molar-refractivity contribution is 8.00. The number of benzene rings is 4. The van der Waals surface area contributed by atoms with E-state index < -0.39 is 0 Å². The molecule has 0 aliphatic carbocycles. The molecule has 0 radical (unpaired) electrons. The Morgan fingerprint density at radius 2 is 1.55 bits per heavy atom. The van der Waals surface area contributed by atoms with Crippen molar-refractivity contribution in [3.63, 3.8) is 0 Å². The standard InChI is InChI=1S/C35H33N3O3S/c1-24-8-10-25(11-9-24)21-37-22-34(30-6-4-5-7-32(30)37)42-23-35(39)38-33(27-14-18-29(41-3)19-15-27)20-31(36-38)26-12-16-28(40-2)17-13-26/h4-19,22,33H,20-21,23H2,1-3H3. The molecular weight excluding hydrogens is 542 g/mol. The van der Waals surface area contributed by atoms with Gasteiger partial charge in [0.2, 0.25) is 0 Å². The summed E-state index contributed by atoms with van der Waals surface area (Å²) in [6, 6.07) is 32.6. The van der Waals surface area contributed by atoms with Gasteiger partial charge in [-0.2, -0.15) is 5.10 Å². The number of aromatic nitrogens is 1. The second-order valence-electron chi connectivity index (χ2n) is 10.4. The molecule has 6 nitrogen and oxygen atoms in total. The van der Waals surface area contributed by atoms with E-state index in [-0.39, 0.29) is 17.7 Å². The third-order valence-electron chi connectivity index (χ3n) is 7.67. The molecule has 0 fully saturated rings. The predicted molar refractivity (Wildman–Crippen MR) is 170 cm³/mol. The van der Waals surface area contributed by atoms with Crippen molar-refractivity contribution in [2.24, 2.45) is 5.10 Å². The van der Waals surface area contributed by atoms with Gasteiger partial charge in [0, 0.05) is 35.0 Å². The van der Waals surface area contributed by atoms with Crippen LogP contribution in [0.15, 0.2) is 113 Å². The average molecular weight is 576 g/mol. The van der Waals surface area contributed by atoms with E-state index in [1.165, 1.54) is 11.1 Å². The van der Waals surface area contributed by atoms with E-state index >= 15 is 0 Å². The first-order chi connectivity index (χ1) is 20.5. The number of para-hydroxylation sites is 1. The van der Waals surface area contributed by atoms with Crippen LogP contribution in [-0.4, -0.2) is 41.2 Å². The summed E-state index contributed by atoms with van der Waals surface area (Å²) >= 11 is 1.57. The van der Waals surface area contributed by atoms with Crippen molar-refractivity contribution >= 4 is 34.3 Å². The van der Waals surface area contributed by atoms with Gasteiger partial charge in [0.05, 0.1) is 31.7 Å². The van der Waals surface area contributed by atoms with Gasteiger partial charge < -0.3 is 14.0 Å². The summed E-state index contributed by atoms with van der Waals surface area (Å²) in [6.07, 6.45) is 2.80. The Morgan fingerprint density at radius 3 is 2.24 bits per heavy atom. The number of aryl methyl sites for hydroxylation is 1. The highest BCUT2D eigenvalue weighted by atomic mass is 32.2. The highest BCUT2D eigenvalue weighted by Gasteiger charge is 2.33. The van der Waals surface area contributed by atoms with Crippen LogP contribution in [0.2, 0.25) is 0 Å². The largest absolute Gasteiger partial charge is 0.497 e. The third kappa shape index (κ3) is 5.78. The Hall–Kier alpha value is -4.49. The summed E-state index contributed by atoms with van der Waals surface area (Å²) in [6.45, 7) is 2.88. The van der Waals surface area contributed by atoms with Crippen LogP contribution in [0.5, 0.6) is 11.5 Å². The van der Waals surface area contributed by atoms with Crippen LogP contribution in [-0.2, 0) is 11.3 Å². The van der Waals surface area contributed by atoms with Crippen LogP contribution >= 0.6 is 11.8 Å². The van der Waals surface area contributed by atoms with Gasteiger partial charge in [0.15, 0.2) is 0 Å². The lowest BCUT2D eigenvalue weighted by Gasteiger charge is -2.22. The number of hydrogen-bond donors (Lipinski definition) is 0. The molecule has 0 saturated carbocycles. The monoisotopic (exact) mass is 575 g/mol. The fourth-order valence-corrected chi connectivity index (χ4v) is 6.28. The van der Waals surface area contributed by atoms with Crippen molar-refractivity contribution in [3.8, 4) is 11.5 Å². The molecule has 1 unspecified atom stereocenters. The summed E-state index contributed by atoms with van der Waals surface area (Å²) < 4.78 is 13.0. The topological polar surface area (TPSA) is 56.1 Å². The summed E-state index contributed by atoms with van der Waals surface area (Å²) in [5.41, 5.74) is 6.54. The highest BCUT2D eigenvalue weighted by Crippen LogP contribution is 2.36. The van der Waals surface area contributed by atoms with Crippen LogP contribution < -0.4 is 9.47 Å². The molecule has 1 aromatic heterocycles. The fourth-order valence-electron chi connectivity index (χ4n) is 5.34. The number of hydrogen-bond acceptors (Lipinski definition) is 5. The van der Waals surface area contributed by atoms with E-state index in [1.54, 1.807) is 31.0 Å². The van der Waals surface area contributed by atoms with Crippen molar-refractivity contribution in [2.45, 2.75) is 30.8 Å². The molecule has 2 heterocycles. The molecule has 0 N–H and O–H groups in total. The van der Waals surface area contributed by atoms with E-state index in [1.807, 2.05) is 48.5 Å². The van der Waals surface area contributed by atoms with E-state index in [4.69, 9.17) is 14.6 Å². The van der Waals surface area contributed by atoms with Crippen LogP contribution in [0.3, 0.4) is 0 Å². The number of carbonyl (C=O) groups excluding carboxylic acids is 1. The Morgan fingerprint density at radius 1 is 0.881 bits per heavy atom. The average Bonchev–Trinajstić information content (AvgIpc) is 3.64. The summed E-state index contributed by atoms with van der Waals surface area (Å²) in [4.78, 5) is 14.9. The van der Waals surface area contributed by atoms with Gasteiger partial charge in [-0.3, -0.25) is 4.79 Å². The lowest BCUT2D eigenvalue weighted by molar-refractivity contribution is -0.130. The molecule has 7 heteroatoms. The Bertz CT molecular complexity index is 1720.